The van der Waals surface area contributed by atoms with E-state index in [4.69, 9.17) is 0 Å². The van der Waals surface area contributed by atoms with Gasteiger partial charge in [-0.2, -0.15) is 11.8 Å². The van der Waals surface area contributed by atoms with Crippen molar-refractivity contribution in [2.24, 2.45) is 0 Å². The fourth-order valence-corrected chi connectivity index (χ4v) is 3.50. The van der Waals surface area contributed by atoms with Gasteiger partial charge in [0, 0.05) is 29.8 Å². The van der Waals surface area contributed by atoms with E-state index < -0.39 is 10.0 Å². The van der Waals surface area contributed by atoms with Crippen molar-refractivity contribution in [2.75, 3.05) is 23.3 Å². The summed E-state index contributed by atoms with van der Waals surface area (Å²) in [5.41, 5.74) is 2.58. The Morgan fingerprint density at radius 2 is 1.77 bits per heavy atom. The van der Waals surface area contributed by atoms with E-state index in [2.05, 4.69) is 22.2 Å². The summed E-state index contributed by atoms with van der Waals surface area (Å²) in [6.07, 6.45) is 4.26. The SMILES string of the molecule is CS(=O)(=O)Nc1ccc(/C=C/C(=O)NCCSCc2ccccc2)cc1. The van der Waals surface area contributed by atoms with E-state index in [-0.39, 0.29) is 5.91 Å². The first kappa shape index (κ1) is 20.1. The van der Waals surface area contributed by atoms with Gasteiger partial charge in [0.15, 0.2) is 0 Å². The van der Waals surface area contributed by atoms with E-state index in [1.165, 1.54) is 11.6 Å². The molecule has 7 heteroatoms. The summed E-state index contributed by atoms with van der Waals surface area (Å²) in [4.78, 5) is 11.8. The number of carbonyl (C=O) groups excluding carboxylic acids is 1. The van der Waals surface area contributed by atoms with Crippen molar-refractivity contribution in [3.63, 3.8) is 0 Å². The third-order valence-electron chi connectivity index (χ3n) is 3.30. The first-order valence-electron chi connectivity index (χ1n) is 8.08. The predicted octanol–water partition coefficient (Wildman–Crippen LogP) is 3.12. The van der Waals surface area contributed by atoms with Crippen LogP contribution in [-0.2, 0) is 20.6 Å². The van der Waals surface area contributed by atoms with Crippen LogP contribution < -0.4 is 10.0 Å². The Labute approximate surface area is 158 Å². The third kappa shape index (κ3) is 8.22. The highest BCUT2D eigenvalue weighted by Gasteiger charge is 2.01. The Hall–Kier alpha value is -2.25. The molecule has 0 heterocycles. The fraction of sp³-hybridized carbons (Fsp3) is 0.211. The topological polar surface area (TPSA) is 75.3 Å². The lowest BCUT2D eigenvalue weighted by molar-refractivity contribution is -0.116. The van der Waals surface area contributed by atoms with E-state index in [0.29, 0.717) is 12.2 Å². The first-order valence-corrected chi connectivity index (χ1v) is 11.1. The molecule has 0 aliphatic rings. The number of thioether (sulfide) groups is 1. The fourth-order valence-electron chi connectivity index (χ4n) is 2.12. The molecule has 0 aliphatic heterocycles. The molecule has 0 saturated heterocycles. The molecule has 2 aromatic carbocycles. The summed E-state index contributed by atoms with van der Waals surface area (Å²) >= 11 is 1.77. The number of amides is 1. The molecule has 0 unspecified atom stereocenters. The van der Waals surface area contributed by atoms with E-state index in [1.54, 1.807) is 42.1 Å². The molecule has 0 aliphatic carbocycles. The number of anilines is 1. The van der Waals surface area contributed by atoms with Gasteiger partial charge < -0.3 is 5.32 Å². The van der Waals surface area contributed by atoms with Crippen molar-refractivity contribution in [2.45, 2.75) is 5.75 Å². The molecule has 0 aromatic heterocycles. The number of benzene rings is 2. The van der Waals surface area contributed by atoms with Gasteiger partial charge in [0.05, 0.1) is 6.26 Å². The minimum atomic E-state index is -3.28. The van der Waals surface area contributed by atoms with Gasteiger partial charge in [-0.3, -0.25) is 9.52 Å². The van der Waals surface area contributed by atoms with Crippen molar-refractivity contribution in [3.8, 4) is 0 Å². The van der Waals surface area contributed by atoms with Crippen LogP contribution in [0.5, 0.6) is 0 Å². The maximum atomic E-state index is 11.8. The van der Waals surface area contributed by atoms with Gasteiger partial charge in [-0.05, 0) is 29.3 Å². The Morgan fingerprint density at radius 3 is 2.42 bits per heavy atom. The molecule has 0 atom stereocenters. The van der Waals surface area contributed by atoms with Crippen LogP contribution in [0.25, 0.3) is 6.08 Å². The van der Waals surface area contributed by atoms with Crippen molar-refractivity contribution in [1.29, 1.82) is 0 Å². The van der Waals surface area contributed by atoms with Gasteiger partial charge in [-0.15, -0.1) is 0 Å². The van der Waals surface area contributed by atoms with E-state index in [1.807, 2.05) is 18.2 Å². The zero-order valence-electron chi connectivity index (χ0n) is 14.5. The first-order chi connectivity index (χ1) is 12.4. The minimum Gasteiger partial charge on any atom is -0.352 e. The molecule has 1 amide bonds. The highest BCUT2D eigenvalue weighted by Crippen LogP contribution is 2.12. The van der Waals surface area contributed by atoms with Crippen LogP contribution in [0.2, 0.25) is 0 Å². The summed E-state index contributed by atoms with van der Waals surface area (Å²) in [7, 11) is -3.28. The quantitative estimate of drug-likeness (QED) is 0.510. The molecule has 0 spiro atoms. The monoisotopic (exact) mass is 390 g/mol. The van der Waals surface area contributed by atoms with Crippen LogP contribution >= 0.6 is 11.8 Å². The average molecular weight is 391 g/mol. The van der Waals surface area contributed by atoms with Crippen LogP contribution in [0.1, 0.15) is 11.1 Å². The van der Waals surface area contributed by atoms with Crippen molar-refractivity contribution >= 4 is 39.5 Å². The highest BCUT2D eigenvalue weighted by atomic mass is 32.2. The second-order valence-corrected chi connectivity index (χ2v) is 8.51. The van der Waals surface area contributed by atoms with Gasteiger partial charge in [0.1, 0.15) is 0 Å². The van der Waals surface area contributed by atoms with Crippen LogP contribution in [0.4, 0.5) is 5.69 Å². The zero-order chi connectivity index (χ0) is 18.8. The van der Waals surface area contributed by atoms with E-state index in [0.717, 1.165) is 23.3 Å². The molecule has 0 fully saturated rings. The minimum absolute atomic E-state index is 0.149. The molecule has 0 radical (unpaired) electrons. The Kier molecular flexibility index (Phi) is 7.74. The van der Waals surface area contributed by atoms with E-state index in [9.17, 15) is 13.2 Å². The van der Waals surface area contributed by atoms with E-state index >= 15 is 0 Å². The van der Waals surface area contributed by atoms with Crippen LogP contribution in [-0.4, -0.2) is 32.9 Å². The maximum absolute atomic E-state index is 11.8. The van der Waals surface area contributed by atoms with Crippen molar-refractivity contribution in [3.05, 3.63) is 71.8 Å². The average Bonchev–Trinajstić information content (AvgIpc) is 2.60. The molecule has 5 nitrogen and oxygen atoms in total. The second-order valence-electron chi connectivity index (χ2n) is 5.66. The summed E-state index contributed by atoms with van der Waals surface area (Å²) in [6.45, 7) is 0.609. The van der Waals surface area contributed by atoms with Crippen LogP contribution in [0.15, 0.2) is 60.7 Å². The maximum Gasteiger partial charge on any atom is 0.244 e. The molecule has 2 N–H and O–H groups in total. The van der Waals surface area contributed by atoms with Gasteiger partial charge >= 0.3 is 0 Å². The largest absolute Gasteiger partial charge is 0.352 e. The van der Waals surface area contributed by atoms with Gasteiger partial charge in [-0.25, -0.2) is 8.42 Å². The zero-order valence-corrected chi connectivity index (χ0v) is 16.1. The lowest BCUT2D eigenvalue weighted by Crippen LogP contribution is -2.23. The number of nitrogens with one attached hydrogen (secondary N) is 2. The standard InChI is InChI=1S/C19H22N2O3S2/c1-26(23,24)21-18-10-7-16(8-11-18)9-12-19(22)20-13-14-25-15-17-5-3-2-4-6-17/h2-12,21H,13-15H2,1H3,(H,20,22)/b12-9+. The van der Waals surface area contributed by atoms with Crippen molar-refractivity contribution < 1.29 is 13.2 Å². The number of rotatable bonds is 9. The van der Waals surface area contributed by atoms with Crippen LogP contribution in [0.3, 0.4) is 0 Å². The number of carbonyl (C=O) groups is 1. The Bertz CT molecular complexity index is 833. The number of hydrogen-bond donors (Lipinski definition) is 2. The second kappa shape index (κ2) is 10.0. The smallest absolute Gasteiger partial charge is 0.244 e. The highest BCUT2D eigenvalue weighted by molar-refractivity contribution is 7.98. The molecule has 2 rings (SSSR count). The summed E-state index contributed by atoms with van der Waals surface area (Å²) in [6, 6.07) is 17.0. The molecule has 26 heavy (non-hydrogen) atoms. The summed E-state index contributed by atoms with van der Waals surface area (Å²) in [5.74, 6) is 1.63. The molecule has 0 bridgehead atoms. The summed E-state index contributed by atoms with van der Waals surface area (Å²) in [5, 5.41) is 2.84. The van der Waals surface area contributed by atoms with Gasteiger partial charge in [0.2, 0.25) is 15.9 Å². The number of hydrogen-bond acceptors (Lipinski definition) is 4. The number of sulfonamides is 1. The molecule has 138 valence electrons. The lowest BCUT2D eigenvalue weighted by Gasteiger charge is -2.04. The molecular formula is C19H22N2O3S2. The molecular weight excluding hydrogens is 368 g/mol. The Balaban J connectivity index is 1.68. The summed E-state index contributed by atoms with van der Waals surface area (Å²) < 4.78 is 24.7. The van der Waals surface area contributed by atoms with Gasteiger partial charge in [-0.1, -0.05) is 42.5 Å². The van der Waals surface area contributed by atoms with Gasteiger partial charge in [0.25, 0.3) is 0 Å². The predicted molar refractivity (Wildman–Crippen MR) is 110 cm³/mol. The van der Waals surface area contributed by atoms with Crippen molar-refractivity contribution in [1.82, 2.24) is 5.32 Å². The normalized spacial score (nSPS) is 11.4. The lowest BCUT2D eigenvalue weighted by atomic mass is 10.2. The van der Waals surface area contributed by atoms with Crippen LogP contribution in [0, 0.1) is 0 Å². The third-order valence-corrected chi connectivity index (χ3v) is 4.94. The Morgan fingerprint density at radius 1 is 1.08 bits per heavy atom. The molecule has 2 aromatic rings. The molecule has 0 saturated carbocycles.